The van der Waals surface area contributed by atoms with Gasteiger partial charge in [0.2, 0.25) is 0 Å². The highest BCUT2D eigenvalue weighted by molar-refractivity contribution is 6.13. The first-order valence-corrected chi connectivity index (χ1v) is 5.79. The number of urea groups is 1. The first-order valence-electron chi connectivity index (χ1n) is 5.79. The number of aliphatic carboxylic acids is 1. The second kappa shape index (κ2) is 5.43. The van der Waals surface area contributed by atoms with Gasteiger partial charge in [-0.05, 0) is 30.7 Å². The Bertz CT molecular complexity index is 591. The van der Waals surface area contributed by atoms with Crippen LogP contribution in [0.3, 0.4) is 0 Å². The number of amides is 3. The molecular formula is C13H12N2O5. The number of carboxylic acid groups (broad SMARTS) is 1. The van der Waals surface area contributed by atoms with E-state index in [-0.39, 0.29) is 5.70 Å². The Kier molecular flexibility index (Phi) is 3.69. The molecule has 1 heterocycles. The Hall–Kier alpha value is -2.83. The molecule has 0 unspecified atom stereocenters. The van der Waals surface area contributed by atoms with E-state index in [2.05, 4.69) is 10.6 Å². The summed E-state index contributed by atoms with van der Waals surface area (Å²) in [5.74, 6) is -1.14. The normalized spacial score (nSPS) is 17.6. The van der Waals surface area contributed by atoms with Gasteiger partial charge in [-0.15, -0.1) is 0 Å². The van der Waals surface area contributed by atoms with Crippen LogP contribution in [0.1, 0.15) is 12.5 Å². The molecule has 1 fully saturated rings. The highest BCUT2D eigenvalue weighted by Gasteiger charge is 2.22. The van der Waals surface area contributed by atoms with Crippen LogP contribution in [0.2, 0.25) is 0 Å². The molecule has 104 valence electrons. The summed E-state index contributed by atoms with van der Waals surface area (Å²) in [5.41, 5.74) is 0.829. The SMILES string of the molecule is C[C@@H](Oc1ccc(/C=C2/NC(=O)NC2=O)cc1)C(=O)O. The zero-order chi connectivity index (χ0) is 14.7. The van der Waals surface area contributed by atoms with Crippen LogP contribution >= 0.6 is 0 Å². The second-order valence-corrected chi connectivity index (χ2v) is 4.13. The highest BCUT2D eigenvalue weighted by Crippen LogP contribution is 2.16. The molecule has 0 bridgehead atoms. The third-order valence-corrected chi connectivity index (χ3v) is 2.57. The molecule has 0 saturated carbocycles. The Morgan fingerprint density at radius 3 is 2.40 bits per heavy atom. The fourth-order valence-corrected chi connectivity index (χ4v) is 1.55. The maximum Gasteiger partial charge on any atom is 0.344 e. The zero-order valence-electron chi connectivity index (χ0n) is 10.5. The van der Waals surface area contributed by atoms with Gasteiger partial charge in [0.1, 0.15) is 11.4 Å². The van der Waals surface area contributed by atoms with Gasteiger partial charge in [0.05, 0.1) is 0 Å². The van der Waals surface area contributed by atoms with E-state index < -0.39 is 24.0 Å². The van der Waals surface area contributed by atoms with Crippen LogP contribution < -0.4 is 15.4 Å². The van der Waals surface area contributed by atoms with Gasteiger partial charge in [0.15, 0.2) is 6.10 Å². The number of carbonyl (C=O) groups excluding carboxylic acids is 2. The lowest BCUT2D eigenvalue weighted by atomic mass is 10.2. The molecule has 0 radical (unpaired) electrons. The number of hydrogen-bond donors (Lipinski definition) is 3. The molecule has 2 rings (SSSR count). The molecule has 3 N–H and O–H groups in total. The van der Waals surface area contributed by atoms with Crippen LogP contribution in [-0.2, 0) is 9.59 Å². The summed E-state index contributed by atoms with van der Waals surface area (Å²) in [6.07, 6.45) is 0.559. The fraction of sp³-hybridized carbons (Fsp3) is 0.154. The maximum atomic E-state index is 11.3. The molecule has 1 aromatic carbocycles. The van der Waals surface area contributed by atoms with Crippen molar-refractivity contribution < 1.29 is 24.2 Å². The van der Waals surface area contributed by atoms with Crippen LogP contribution in [0.15, 0.2) is 30.0 Å². The van der Waals surface area contributed by atoms with Gasteiger partial charge in [-0.25, -0.2) is 9.59 Å². The minimum absolute atomic E-state index is 0.155. The van der Waals surface area contributed by atoms with E-state index >= 15 is 0 Å². The summed E-state index contributed by atoms with van der Waals surface area (Å²) >= 11 is 0. The third kappa shape index (κ3) is 3.14. The Balaban J connectivity index is 2.09. The summed E-state index contributed by atoms with van der Waals surface area (Å²) in [5, 5.41) is 13.2. The summed E-state index contributed by atoms with van der Waals surface area (Å²) < 4.78 is 5.17. The van der Waals surface area contributed by atoms with E-state index in [0.29, 0.717) is 11.3 Å². The monoisotopic (exact) mass is 276 g/mol. The van der Waals surface area contributed by atoms with E-state index in [4.69, 9.17) is 9.84 Å². The van der Waals surface area contributed by atoms with E-state index in [1.807, 2.05) is 0 Å². The second-order valence-electron chi connectivity index (χ2n) is 4.13. The van der Waals surface area contributed by atoms with Crippen LogP contribution in [0, 0.1) is 0 Å². The van der Waals surface area contributed by atoms with Gasteiger partial charge in [0.25, 0.3) is 5.91 Å². The van der Waals surface area contributed by atoms with Gasteiger partial charge in [-0.3, -0.25) is 10.1 Å². The molecule has 1 saturated heterocycles. The summed E-state index contributed by atoms with van der Waals surface area (Å²) in [6.45, 7) is 1.43. The van der Waals surface area contributed by atoms with Crippen LogP contribution in [-0.4, -0.2) is 29.1 Å². The van der Waals surface area contributed by atoms with Crippen molar-refractivity contribution in [3.05, 3.63) is 35.5 Å². The van der Waals surface area contributed by atoms with Crippen molar-refractivity contribution >= 4 is 24.0 Å². The Labute approximate surface area is 114 Å². The smallest absolute Gasteiger partial charge is 0.344 e. The van der Waals surface area contributed by atoms with Gasteiger partial charge in [-0.1, -0.05) is 12.1 Å². The van der Waals surface area contributed by atoms with E-state index in [0.717, 1.165) is 0 Å². The van der Waals surface area contributed by atoms with Crippen LogP contribution in [0.5, 0.6) is 5.75 Å². The number of carbonyl (C=O) groups is 3. The molecule has 0 spiro atoms. The molecule has 1 atom stereocenters. The minimum atomic E-state index is -1.05. The molecular weight excluding hydrogens is 264 g/mol. The molecule has 1 aliphatic rings. The average molecular weight is 276 g/mol. The number of carboxylic acids is 1. The third-order valence-electron chi connectivity index (χ3n) is 2.57. The number of imide groups is 1. The van der Waals surface area contributed by atoms with Crippen LogP contribution in [0.4, 0.5) is 4.79 Å². The van der Waals surface area contributed by atoms with Crippen molar-refractivity contribution in [3.8, 4) is 5.75 Å². The molecule has 7 heteroatoms. The maximum absolute atomic E-state index is 11.3. The van der Waals surface area contributed by atoms with E-state index in [1.54, 1.807) is 24.3 Å². The Morgan fingerprint density at radius 1 is 1.25 bits per heavy atom. The van der Waals surface area contributed by atoms with E-state index in [9.17, 15) is 14.4 Å². The topological polar surface area (TPSA) is 105 Å². The summed E-state index contributed by atoms with van der Waals surface area (Å²) in [7, 11) is 0. The molecule has 7 nitrogen and oxygen atoms in total. The predicted molar refractivity (Wildman–Crippen MR) is 68.8 cm³/mol. The van der Waals surface area contributed by atoms with Gasteiger partial charge < -0.3 is 15.2 Å². The van der Waals surface area contributed by atoms with Gasteiger partial charge >= 0.3 is 12.0 Å². The molecule has 1 aliphatic heterocycles. The minimum Gasteiger partial charge on any atom is -0.479 e. The average Bonchev–Trinajstić information content (AvgIpc) is 2.70. The Morgan fingerprint density at radius 2 is 1.90 bits per heavy atom. The number of ether oxygens (including phenoxy) is 1. The highest BCUT2D eigenvalue weighted by atomic mass is 16.5. The summed E-state index contributed by atoms with van der Waals surface area (Å²) in [4.78, 5) is 32.9. The predicted octanol–water partition coefficient (Wildman–Crippen LogP) is 0.719. The van der Waals surface area contributed by atoms with Crippen molar-refractivity contribution in [2.24, 2.45) is 0 Å². The lowest BCUT2D eigenvalue weighted by Gasteiger charge is -2.10. The van der Waals surface area contributed by atoms with Crippen molar-refractivity contribution in [2.45, 2.75) is 13.0 Å². The fourth-order valence-electron chi connectivity index (χ4n) is 1.55. The van der Waals surface area contributed by atoms with Crippen molar-refractivity contribution in [1.82, 2.24) is 10.6 Å². The van der Waals surface area contributed by atoms with Crippen molar-refractivity contribution in [3.63, 3.8) is 0 Å². The lowest BCUT2D eigenvalue weighted by molar-refractivity contribution is -0.144. The standard InChI is InChI=1S/C13H12N2O5/c1-7(12(17)18)20-9-4-2-8(3-5-9)6-10-11(16)15-13(19)14-10/h2-7H,1H3,(H,17,18)(H2,14,15,16,19)/b10-6+/t7-/m1/s1. The lowest BCUT2D eigenvalue weighted by Crippen LogP contribution is -2.22. The molecule has 3 amide bonds. The quantitative estimate of drug-likeness (QED) is 0.555. The van der Waals surface area contributed by atoms with Gasteiger partial charge in [-0.2, -0.15) is 0 Å². The van der Waals surface area contributed by atoms with Crippen molar-refractivity contribution in [1.29, 1.82) is 0 Å². The van der Waals surface area contributed by atoms with Crippen molar-refractivity contribution in [2.75, 3.05) is 0 Å². The molecule has 0 aromatic heterocycles. The zero-order valence-corrected chi connectivity index (χ0v) is 10.5. The largest absolute Gasteiger partial charge is 0.479 e. The first-order chi connectivity index (χ1) is 9.45. The number of benzene rings is 1. The molecule has 20 heavy (non-hydrogen) atoms. The molecule has 1 aromatic rings. The number of hydrogen-bond acceptors (Lipinski definition) is 4. The summed E-state index contributed by atoms with van der Waals surface area (Å²) in [6, 6.07) is 5.90. The first kappa shape index (κ1) is 13.6. The molecule has 0 aliphatic carbocycles. The van der Waals surface area contributed by atoms with E-state index in [1.165, 1.54) is 13.0 Å². The number of rotatable bonds is 4. The number of nitrogens with one attached hydrogen (secondary N) is 2. The van der Waals surface area contributed by atoms with Gasteiger partial charge in [0, 0.05) is 0 Å². The van der Waals surface area contributed by atoms with Crippen LogP contribution in [0.25, 0.3) is 6.08 Å².